The average molecular weight is 403 g/mol. The Morgan fingerprint density at radius 1 is 1.03 bits per heavy atom. The van der Waals surface area contributed by atoms with Crippen molar-refractivity contribution in [1.29, 1.82) is 0 Å². The first-order valence-electron chi connectivity index (χ1n) is 11.6. The highest BCUT2D eigenvalue weighted by molar-refractivity contribution is 5.82. The molecule has 5 nitrogen and oxygen atoms in total. The molecule has 1 saturated heterocycles. The molecule has 1 fully saturated rings. The molecule has 2 aliphatic rings. The Hall–Kier alpha value is -1.75. The summed E-state index contributed by atoms with van der Waals surface area (Å²) in [6.07, 6.45) is 11.3. The number of hydrogen-bond acceptors (Lipinski definition) is 4. The maximum absolute atomic E-state index is 12.3. The summed E-state index contributed by atoms with van der Waals surface area (Å²) in [5.74, 6) is 1.10. The fourth-order valence-corrected chi connectivity index (χ4v) is 4.57. The van der Waals surface area contributed by atoms with E-state index < -0.39 is 0 Å². The number of carbonyl (C=O) groups is 1. The number of ether oxygens (including phenoxy) is 2. The smallest absolute Gasteiger partial charge is 0.224 e. The number of rotatable bonds is 12. The first-order valence-corrected chi connectivity index (χ1v) is 11.6. The van der Waals surface area contributed by atoms with Gasteiger partial charge in [0.05, 0.1) is 5.92 Å². The van der Waals surface area contributed by atoms with Crippen molar-refractivity contribution in [3.63, 3.8) is 0 Å². The molecule has 2 heterocycles. The van der Waals surface area contributed by atoms with E-state index >= 15 is 0 Å². The van der Waals surface area contributed by atoms with Gasteiger partial charge < -0.3 is 20.1 Å². The van der Waals surface area contributed by atoms with Crippen LogP contribution in [0.2, 0.25) is 0 Å². The number of benzene rings is 1. The van der Waals surface area contributed by atoms with Gasteiger partial charge in [0.2, 0.25) is 5.91 Å². The molecule has 5 heteroatoms. The predicted molar refractivity (Wildman–Crippen MR) is 117 cm³/mol. The van der Waals surface area contributed by atoms with Crippen molar-refractivity contribution in [3.8, 4) is 11.5 Å². The van der Waals surface area contributed by atoms with E-state index in [-0.39, 0.29) is 11.8 Å². The van der Waals surface area contributed by atoms with Gasteiger partial charge in [0.1, 0.15) is 13.2 Å². The third-order valence-electron chi connectivity index (χ3n) is 6.24. The third-order valence-corrected chi connectivity index (χ3v) is 6.24. The molecule has 1 unspecified atom stereocenters. The lowest BCUT2D eigenvalue weighted by Gasteiger charge is -2.24. The van der Waals surface area contributed by atoms with Crippen LogP contribution in [0.15, 0.2) is 12.1 Å². The van der Waals surface area contributed by atoms with Crippen LogP contribution >= 0.6 is 0 Å². The van der Waals surface area contributed by atoms with Gasteiger partial charge in [-0.05, 0) is 81.4 Å². The molecule has 1 amide bonds. The maximum Gasteiger partial charge on any atom is 0.224 e. The molecular weight excluding hydrogens is 364 g/mol. The Morgan fingerprint density at radius 2 is 1.76 bits per heavy atom. The zero-order chi connectivity index (χ0) is 20.5. The third kappa shape index (κ3) is 6.36. The highest BCUT2D eigenvalue weighted by atomic mass is 16.6. The Morgan fingerprint density at radius 3 is 2.45 bits per heavy atom. The van der Waals surface area contributed by atoms with Crippen molar-refractivity contribution >= 4 is 5.91 Å². The number of primary amides is 1. The fourth-order valence-electron chi connectivity index (χ4n) is 4.57. The molecule has 1 atom stereocenters. The highest BCUT2D eigenvalue weighted by Gasteiger charge is 2.24. The zero-order valence-electron chi connectivity index (χ0n) is 18.1. The Kier molecular flexibility index (Phi) is 8.66. The summed E-state index contributed by atoms with van der Waals surface area (Å²) in [6.45, 7) is 7.01. The molecule has 0 bridgehead atoms. The summed E-state index contributed by atoms with van der Waals surface area (Å²) in [7, 11) is 0. The topological polar surface area (TPSA) is 64.8 Å². The highest BCUT2D eigenvalue weighted by Crippen LogP contribution is 2.38. The summed E-state index contributed by atoms with van der Waals surface area (Å²) in [6, 6.07) is 4.13. The van der Waals surface area contributed by atoms with Crippen LogP contribution in [0, 0.1) is 0 Å². The van der Waals surface area contributed by atoms with E-state index in [9.17, 15) is 4.79 Å². The molecule has 162 valence electrons. The van der Waals surface area contributed by atoms with Crippen LogP contribution in [0.25, 0.3) is 0 Å². The van der Waals surface area contributed by atoms with E-state index in [0.29, 0.717) is 13.2 Å². The van der Waals surface area contributed by atoms with E-state index in [4.69, 9.17) is 15.2 Å². The van der Waals surface area contributed by atoms with Crippen molar-refractivity contribution in [2.45, 2.75) is 77.0 Å². The molecule has 2 N–H and O–H groups in total. The normalized spacial score (nSPS) is 17.4. The van der Waals surface area contributed by atoms with E-state index in [1.54, 1.807) is 0 Å². The van der Waals surface area contributed by atoms with Gasteiger partial charge in [-0.2, -0.15) is 0 Å². The number of aryl methyl sites for hydroxylation is 1. The molecule has 2 aliphatic heterocycles. The first-order chi connectivity index (χ1) is 14.2. The first kappa shape index (κ1) is 21.9. The minimum Gasteiger partial charge on any atom is -0.486 e. The summed E-state index contributed by atoms with van der Waals surface area (Å²) in [5.41, 5.74) is 8.11. The second-order valence-electron chi connectivity index (χ2n) is 8.50. The molecular formula is C24H38N2O3. The number of amides is 1. The summed E-state index contributed by atoms with van der Waals surface area (Å²) in [5, 5.41) is 0. The second-order valence-corrected chi connectivity index (χ2v) is 8.50. The summed E-state index contributed by atoms with van der Waals surface area (Å²) >= 11 is 0. The van der Waals surface area contributed by atoms with E-state index in [1.807, 2.05) is 6.07 Å². The maximum atomic E-state index is 12.3. The number of carbonyl (C=O) groups excluding carboxylic acids is 1. The zero-order valence-corrected chi connectivity index (χ0v) is 18.1. The van der Waals surface area contributed by atoms with Crippen LogP contribution in [0.1, 0.15) is 81.8 Å². The van der Waals surface area contributed by atoms with Crippen molar-refractivity contribution in [2.75, 3.05) is 32.8 Å². The van der Waals surface area contributed by atoms with Gasteiger partial charge in [0, 0.05) is 0 Å². The van der Waals surface area contributed by atoms with Gasteiger partial charge in [0.15, 0.2) is 11.5 Å². The van der Waals surface area contributed by atoms with Crippen molar-refractivity contribution in [1.82, 2.24) is 4.90 Å². The molecule has 3 rings (SSSR count). The van der Waals surface area contributed by atoms with E-state index in [0.717, 1.165) is 49.2 Å². The number of unbranched alkanes of at least 4 members (excludes halogenated alkanes) is 4. The minimum absolute atomic E-state index is 0.225. The Bertz CT molecular complexity index is 656. The van der Waals surface area contributed by atoms with Gasteiger partial charge in [-0.1, -0.05) is 32.6 Å². The van der Waals surface area contributed by atoms with Crippen LogP contribution in [0.4, 0.5) is 0 Å². The lowest BCUT2D eigenvalue weighted by Crippen LogP contribution is -2.24. The molecule has 0 aliphatic carbocycles. The van der Waals surface area contributed by atoms with Crippen LogP contribution in [0.3, 0.4) is 0 Å². The van der Waals surface area contributed by atoms with E-state index in [1.165, 1.54) is 57.3 Å². The minimum atomic E-state index is -0.240. The van der Waals surface area contributed by atoms with Crippen LogP contribution in [-0.2, 0) is 11.2 Å². The Labute approximate surface area is 175 Å². The molecule has 0 aromatic heterocycles. The van der Waals surface area contributed by atoms with Crippen molar-refractivity contribution in [2.24, 2.45) is 5.73 Å². The van der Waals surface area contributed by atoms with Gasteiger partial charge in [0.25, 0.3) is 0 Å². The van der Waals surface area contributed by atoms with Crippen molar-refractivity contribution < 1.29 is 14.3 Å². The van der Waals surface area contributed by atoms with Gasteiger partial charge in [-0.25, -0.2) is 0 Å². The second kappa shape index (κ2) is 11.4. The molecule has 29 heavy (non-hydrogen) atoms. The summed E-state index contributed by atoms with van der Waals surface area (Å²) < 4.78 is 11.6. The number of hydrogen-bond donors (Lipinski definition) is 1. The summed E-state index contributed by atoms with van der Waals surface area (Å²) in [4.78, 5) is 14.9. The monoisotopic (exact) mass is 402 g/mol. The van der Waals surface area contributed by atoms with Crippen molar-refractivity contribution in [3.05, 3.63) is 23.3 Å². The lowest BCUT2D eigenvalue weighted by molar-refractivity contribution is -0.119. The van der Waals surface area contributed by atoms with Crippen LogP contribution in [0.5, 0.6) is 11.5 Å². The van der Waals surface area contributed by atoms with E-state index in [2.05, 4.69) is 17.9 Å². The van der Waals surface area contributed by atoms with Gasteiger partial charge in [-0.3, -0.25) is 4.79 Å². The number of likely N-dealkylation sites (tertiary alicyclic amines) is 1. The standard InChI is InChI=1S/C24H38N2O3/c1-2-3-4-5-11-20(24(25)27)21-18-23-22(28-15-16-29-23)17-19(21)10-6-7-12-26-13-8-9-14-26/h17-18,20H,2-16H2,1H3,(H2,25,27). The lowest BCUT2D eigenvalue weighted by atomic mass is 9.87. The van der Waals surface area contributed by atoms with Gasteiger partial charge in [-0.15, -0.1) is 0 Å². The Balaban J connectivity index is 1.70. The quantitative estimate of drug-likeness (QED) is 0.526. The number of fused-ring (bicyclic) bond motifs is 1. The molecule has 0 radical (unpaired) electrons. The molecule has 0 spiro atoms. The fraction of sp³-hybridized carbons (Fsp3) is 0.708. The van der Waals surface area contributed by atoms with Gasteiger partial charge >= 0.3 is 0 Å². The molecule has 1 aromatic rings. The molecule has 1 aromatic carbocycles. The number of nitrogens with zero attached hydrogens (tertiary/aromatic N) is 1. The predicted octanol–water partition coefficient (Wildman–Crippen LogP) is 4.42. The number of nitrogens with two attached hydrogens (primary N) is 1. The molecule has 0 saturated carbocycles. The largest absolute Gasteiger partial charge is 0.486 e. The van der Waals surface area contributed by atoms with Crippen LogP contribution < -0.4 is 15.2 Å². The van der Waals surface area contributed by atoms with Crippen LogP contribution in [-0.4, -0.2) is 43.7 Å². The average Bonchev–Trinajstić information content (AvgIpc) is 3.24. The SMILES string of the molecule is CCCCCCC(C(N)=O)c1cc2c(cc1CCCCN1CCCC1)OCCO2.